The average molecular weight is 555 g/mol. The zero-order chi connectivity index (χ0) is 28.1. The molecule has 1 N–H and O–H groups in total. The molecule has 7 nitrogen and oxygen atoms in total. The van der Waals surface area contributed by atoms with Gasteiger partial charge in [-0.15, -0.1) is 0 Å². The SMILES string of the molecule is O=C1CC2(CCN(C(=O)OCc3ccccc3)CC2)Oc2ccccc21.c1ccc2c(c1)CCC1(CCNCC1)O2. The minimum atomic E-state index is -0.498. The van der Waals surface area contributed by atoms with Gasteiger partial charge in [0.2, 0.25) is 0 Å². The van der Waals surface area contributed by atoms with E-state index in [1.54, 1.807) is 11.0 Å². The van der Waals surface area contributed by atoms with Gasteiger partial charge in [-0.3, -0.25) is 4.79 Å². The molecule has 2 fully saturated rings. The van der Waals surface area contributed by atoms with Gasteiger partial charge in [-0.05, 0) is 68.1 Å². The Labute approximate surface area is 241 Å². The van der Waals surface area contributed by atoms with E-state index in [2.05, 4.69) is 29.6 Å². The number of carbonyl (C=O) groups excluding carboxylic acids is 2. The summed E-state index contributed by atoms with van der Waals surface area (Å²) in [5.41, 5.74) is 2.64. The Hall–Kier alpha value is -3.84. The van der Waals surface area contributed by atoms with Gasteiger partial charge in [-0.25, -0.2) is 4.79 Å². The molecule has 41 heavy (non-hydrogen) atoms. The van der Waals surface area contributed by atoms with Gasteiger partial charge in [0, 0.05) is 25.9 Å². The number of ether oxygens (including phenoxy) is 3. The lowest BCUT2D eigenvalue weighted by Gasteiger charge is -2.43. The lowest BCUT2D eigenvalue weighted by atomic mass is 9.82. The summed E-state index contributed by atoms with van der Waals surface area (Å²) in [5.74, 6) is 1.89. The van der Waals surface area contributed by atoms with Gasteiger partial charge in [-0.2, -0.15) is 0 Å². The average Bonchev–Trinajstić information content (AvgIpc) is 3.01. The smallest absolute Gasteiger partial charge is 0.410 e. The number of hydrogen-bond donors (Lipinski definition) is 1. The van der Waals surface area contributed by atoms with Crippen molar-refractivity contribution >= 4 is 11.9 Å². The fraction of sp³-hybridized carbons (Fsp3) is 0.412. The van der Waals surface area contributed by atoms with Gasteiger partial charge in [0.1, 0.15) is 29.3 Å². The summed E-state index contributed by atoms with van der Waals surface area (Å²) in [6.45, 7) is 3.53. The number of Topliss-reactive ketones (excluding diaryl/α,β-unsaturated/α-hetero) is 1. The third kappa shape index (κ3) is 6.25. The molecular weight excluding hydrogens is 516 g/mol. The Morgan fingerprint density at radius 3 is 2.22 bits per heavy atom. The molecule has 1 amide bonds. The molecular formula is C34H38N2O5. The molecule has 7 heteroatoms. The van der Waals surface area contributed by atoms with Crippen LogP contribution >= 0.6 is 0 Å². The number of para-hydroxylation sites is 2. The number of ketones is 1. The number of nitrogens with one attached hydrogen (secondary N) is 1. The number of rotatable bonds is 2. The second-order valence-corrected chi connectivity index (χ2v) is 11.6. The molecule has 0 radical (unpaired) electrons. The predicted molar refractivity (Wildman–Crippen MR) is 156 cm³/mol. The maximum Gasteiger partial charge on any atom is 0.410 e. The Morgan fingerprint density at radius 1 is 0.780 bits per heavy atom. The fourth-order valence-corrected chi connectivity index (χ4v) is 6.32. The second-order valence-electron chi connectivity index (χ2n) is 11.6. The molecule has 0 bridgehead atoms. The van der Waals surface area contributed by atoms with Crippen LogP contribution in [0.2, 0.25) is 0 Å². The summed E-state index contributed by atoms with van der Waals surface area (Å²) in [6, 6.07) is 25.5. The first kappa shape index (κ1) is 27.3. The van der Waals surface area contributed by atoms with Crippen LogP contribution in [0.15, 0.2) is 78.9 Å². The highest BCUT2D eigenvalue weighted by Crippen LogP contribution is 2.40. The van der Waals surface area contributed by atoms with Crippen molar-refractivity contribution in [3.63, 3.8) is 0 Å². The van der Waals surface area contributed by atoms with Crippen LogP contribution in [0.5, 0.6) is 11.5 Å². The first-order valence-electron chi connectivity index (χ1n) is 14.8. The highest BCUT2D eigenvalue weighted by molar-refractivity contribution is 6.00. The van der Waals surface area contributed by atoms with E-state index in [-0.39, 0.29) is 24.1 Å². The van der Waals surface area contributed by atoms with Crippen molar-refractivity contribution in [3.8, 4) is 11.5 Å². The molecule has 2 saturated heterocycles. The monoisotopic (exact) mass is 554 g/mol. The Morgan fingerprint density at radius 2 is 1.44 bits per heavy atom. The highest BCUT2D eigenvalue weighted by Gasteiger charge is 2.44. The topological polar surface area (TPSA) is 77.1 Å². The molecule has 214 valence electrons. The molecule has 0 atom stereocenters. The maximum absolute atomic E-state index is 12.4. The van der Waals surface area contributed by atoms with Crippen LogP contribution in [0.1, 0.15) is 60.0 Å². The number of benzene rings is 3. The van der Waals surface area contributed by atoms with Gasteiger partial charge in [0.15, 0.2) is 5.78 Å². The molecule has 0 saturated carbocycles. The van der Waals surface area contributed by atoms with Crippen molar-refractivity contribution in [1.29, 1.82) is 0 Å². The molecule has 3 aromatic rings. The van der Waals surface area contributed by atoms with Crippen LogP contribution in [0.25, 0.3) is 0 Å². The minimum Gasteiger partial charge on any atom is -0.487 e. The summed E-state index contributed by atoms with van der Waals surface area (Å²) >= 11 is 0. The first-order valence-corrected chi connectivity index (χ1v) is 14.8. The van der Waals surface area contributed by atoms with E-state index >= 15 is 0 Å². The normalized spacial score (nSPS) is 20.0. The number of nitrogens with zero attached hydrogens (tertiary/aromatic N) is 1. The van der Waals surface area contributed by atoms with Crippen LogP contribution in [-0.4, -0.2) is 54.2 Å². The first-order chi connectivity index (χ1) is 20.0. The van der Waals surface area contributed by atoms with Gasteiger partial charge >= 0.3 is 6.09 Å². The summed E-state index contributed by atoms with van der Waals surface area (Å²) in [7, 11) is 0. The van der Waals surface area contributed by atoms with Gasteiger partial charge in [-0.1, -0.05) is 60.7 Å². The number of piperidine rings is 2. The van der Waals surface area contributed by atoms with E-state index < -0.39 is 5.60 Å². The van der Waals surface area contributed by atoms with E-state index in [0.717, 1.165) is 37.2 Å². The predicted octanol–water partition coefficient (Wildman–Crippen LogP) is 5.96. The lowest BCUT2D eigenvalue weighted by Crippen LogP contribution is -2.52. The fourth-order valence-electron chi connectivity index (χ4n) is 6.32. The zero-order valence-corrected chi connectivity index (χ0v) is 23.5. The number of hydrogen-bond acceptors (Lipinski definition) is 6. The van der Waals surface area contributed by atoms with Crippen LogP contribution in [0, 0.1) is 0 Å². The molecule has 4 aliphatic rings. The van der Waals surface area contributed by atoms with Gasteiger partial charge < -0.3 is 24.4 Å². The molecule has 3 aromatic carbocycles. The Balaban J connectivity index is 0.000000170. The van der Waals surface area contributed by atoms with Crippen molar-refractivity contribution < 1.29 is 23.8 Å². The summed E-state index contributed by atoms with van der Waals surface area (Å²) in [4.78, 5) is 26.4. The van der Waals surface area contributed by atoms with Gasteiger partial charge in [0.05, 0.1) is 12.0 Å². The van der Waals surface area contributed by atoms with E-state index in [9.17, 15) is 9.59 Å². The second kappa shape index (κ2) is 12.0. The van der Waals surface area contributed by atoms with Crippen molar-refractivity contribution in [1.82, 2.24) is 10.2 Å². The summed E-state index contributed by atoms with van der Waals surface area (Å²) in [6.07, 6.45) is 5.99. The van der Waals surface area contributed by atoms with Crippen molar-refractivity contribution in [2.75, 3.05) is 26.2 Å². The number of amides is 1. The van der Waals surface area contributed by atoms with Crippen LogP contribution in [0.4, 0.5) is 4.79 Å². The number of likely N-dealkylation sites (tertiary alicyclic amines) is 1. The molecule has 0 aromatic heterocycles. The van der Waals surface area contributed by atoms with Gasteiger partial charge in [0.25, 0.3) is 0 Å². The largest absolute Gasteiger partial charge is 0.487 e. The quantitative estimate of drug-likeness (QED) is 0.422. The maximum atomic E-state index is 12.4. The molecule has 0 unspecified atom stereocenters. The summed E-state index contributed by atoms with van der Waals surface area (Å²) < 4.78 is 17.8. The van der Waals surface area contributed by atoms with Crippen molar-refractivity contribution in [3.05, 3.63) is 95.6 Å². The Kier molecular flexibility index (Phi) is 7.97. The van der Waals surface area contributed by atoms with Crippen LogP contribution in [0.3, 0.4) is 0 Å². The van der Waals surface area contributed by atoms with E-state index in [4.69, 9.17) is 14.2 Å². The number of carbonyl (C=O) groups is 2. The molecule has 0 aliphatic carbocycles. The van der Waals surface area contributed by atoms with E-state index in [1.807, 2.05) is 48.5 Å². The Bertz CT molecular complexity index is 1360. The summed E-state index contributed by atoms with van der Waals surface area (Å²) in [5, 5.41) is 3.40. The third-order valence-electron chi connectivity index (χ3n) is 8.80. The standard InChI is InChI=1S/C21H21NO4.C13H17NO/c23-18-14-21(26-19-9-5-4-8-17(18)19)10-12-22(13-11-21)20(24)25-15-16-6-2-1-3-7-16;1-2-4-12-11(3-1)5-6-13(15-12)7-9-14-10-8-13/h1-9H,10-15H2;1-4,14H,5-10H2. The van der Waals surface area contributed by atoms with Crippen molar-refractivity contribution in [2.24, 2.45) is 0 Å². The molecule has 7 rings (SSSR count). The number of fused-ring (bicyclic) bond motifs is 2. The van der Waals surface area contributed by atoms with E-state index in [1.165, 1.54) is 18.4 Å². The van der Waals surface area contributed by atoms with Crippen LogP contribution < -0.4 is 14.8 Å². The number of aryl methyl sites for hydroxylation is 1. The molecule has 4 aliphatic heterocycles. The van der Waals surface area contributed by atoms with E-state index in [0.29, 0.717) is 43.7 Å². The van der Waals surface area contributed by atoms with Crippen LogP contribution in [-0.2, 0) is 17.8 Å². The minimum absolute atomic E-state index is 0.118. The third-order valence-corrected chi connectivity index (χ3v) is 8.80. The molecule has 4 heterocycles. The lowest BCUT2D eigenvalue weighted by molar-refractivity contribution is -0.00986. The zero-order valence-electron chi connectivity index (χ0n) is 23.5. The molecule has 2 spiro atoms. The van der Waals surface area contributed by atoms with Crippen molar-refractivity contribution in [2.45, 2.75) is 62.8 Å². The highest BCUT2D eigenvalue weighted by atomic mass is 16.6.